The van der Waals surface area contributed by atoms with Gasteiger partial charge in [0.25, 0.3) is 0 Å². The normalized spacial score (nSPS) is 3.83. The summed E-state index contributed by atoms with van der Waals surface area (Å²) in [5.74, 6) is 0. The van der Waals surface area contributed by atoms with Crippen LogP contribution in [0.15, 0.2) is 0 Å². The molecule has 0 aromatic heterocycles. The van der Waals surface area contributed by atoms with Crippen molar-refractivity contribution in [3.63, 3.8) is 0 Å². The molecule has 0 N–H and O–H groups in total. The van der Waals surface area contributed by atoms with Crippen molar-refractivity contribution in [2.75, 3.05) is 0 Å². The van der Waals surface area contributed by atoms with Crippen molar-refractivity contribution in [2.24, 2.45) is 0 Å². The van der Waals surface area contributed by atoms with E-state index in [1.807, 2.05) is 0 Å². The summed E-state index contributed by atoms with van der Waals surface area (Å²) < 4.78 is 51.2. The number of hydrogen-bond acceptors (Lipinski definition) is 7. The van der Waals surface area contributed by atoms with Gasteiger partial charge in [0.15, 0.2) is 0 Å². The SMILES string of the molecule is O=BOB=O.O=BOB=O.[O]=[Ba]. The molecule has 0 spiro atoms. The zero-order valence-corrected chi connectivity index (χ0v) is 10.3. The van der Waals surface area contributed by atoms with E-state index in [0.717, 1.165) is 0 Å². The summed E-state index contributed by atoms with van der Waals surface area (Å²) in [4.78, 5) is 0. The van der Waals surface area contributed by atoms with E-state index in [9.17, 15) is 0 Å². The third-order valence-corrected chi connectivity index (χ3v) is 0.222. The molecule has 0 bridgehead atoms. The molecular weight excluding hydrogens is 293 g/mol. The fraction of sp³-hybridized carbons (Fsp3) is 0. The van der Waals surface area contributed by atoms with Crippen LogP contribution in [0.3, 0.4) is 0 Å². The molecule has 0 aromatic carbocycles. The first-order chi connectivity index (χ1) is 5.83. The maximum atomic E-state index is 8.95. The fourth-order valence-corrected chi connectivity index (χ4v) is 0.0454. The van der Waals surface area contributed by atoms with Crippen molar-refractivity contribution >= 4 is 76.1 Å². The van der Waals surface area contributed by atoms with Gasteiger partial charge in [-0.05, 0) is 0 Å². The minimum atomic E-state index is -0.222. The summed E-state index contributed by atoms with van der Waals surface area (Å²) in [5, 5.41) is 0. The average molecular weight is 293 g/mol. The molecule has 0 atom stereocenters. The summed E-state index contributed by atoms with van der Waals surface area (Å²) in [5.41, 5.74) is 0. The summed E-state index contributed by atoms with van der Waals surface area (Å²) in [6.45, 7) is 0. The Bertz CT molecular complexity index is 98.6. The van der Waals surface area contributed by atoms with Crippen LogP contribution in [0.1, 0.15) is 0 Å². The maximum absolute atomic E-state index is 8.95. The first kappa shape index (κ1) is 18.3. The first-order valence-electron chi connectivity index (χ1n) is 2.17. The van der Waals surface area contributed by atoms with Gasteiger partial charge in [0.05, 0.1) is 0 Å². The summed E-state index contributed by atoms with van der Waals surface area (Å²) in [6, 6.07) is 0. The number of rotatable bonds is 4. The van der Waals surface area contributed by atoms with Crippen LogP contribution in [-0.4, -0.2) is 76.1 Å². The molecule has 7 nitrogen and oxygen atoms in total. The van der Waals surface area contributed by atoms with Gasteiger partial charge in [-0.3, -0.25) is 0 Å². The molecule has 0 fully saturated rings. The molecule has 0 rings (SSSR count). The van der Waals surface area contributed by atoms with Gasteiger partial charge in [-0.1, -0.05) is 0 Å². The molecule has 0 aliphatic rings. The van der Waals surface area contributed by atoms with Crippen molar-refractivity contribution in [3.8, 4) is 0 Å². The van der Waals surface area contributed by atoms with Gasteiger partial charge in [0, 0.05) is 0 Å². The Kier molecular flexibility index (Phi) is 45.8. The van der Waals surface area contributed by atoms with E-state index in [1.54, 1.807) is 0 Å². The van der Waals surface area contributed by atoms with Crippen LogP contribution in [0, 0.1) is 0 Å². The Morgan fingerprint density at radius 2 is 0.833 bits per heavy atom. The van der Waals surface area contributed by atoms with Crippen LogP contribution in [0.25, 0.3) is 0 Å². The van der Waals surface area contributed by atoms with Crippen LogP contribution >= 0.6 is 0 Å². The Morgan fingerprint density at radius 3 is 0.833 bits per heavy atom. The molecular formula is B4BaO7. The molecule has 0 radical (unpaired) electrons. The first-order valence-corrected chi connectivity index (χ1v) is 3.99. The fourth-order valence-electron chi connectivity index (χ4n) is 0.0454. The van der Waals surface area contributed by atoms with E-state index in [1.165, 1.54) is 0 Å². The Hall–Kier alpha value is 0.431. The predicted molar refractivity (Wildman–Crippen MR) is 34.4 cm³/mol. The second-order valence-corrected chi connectivity index (χ2v) is 0.657. The van der Waals surface area contributed by atoms with Gasteiger partial charge >= 0.3 is 104 Å². The molecule has 0 aliphatic heterocycles. The predicted octanol–water partition coefficient (Wildman–Crippen LogP) is -2.63. The minimum absolute atomic E-state index is 0.0625. The third kappa shape index (κ3) is 47.3. The molecule has 0 saturated heterocycles. The molecule has 0 heterocycles. The van der Waals surface area contributed by atoms with Crippen LogP contribution in [0.4, 0.5) is 0 Å². The summed E-state index contributed by atoms with van der Waals surface area (Å²) in [6.07, 6.45) is 0. The second kappa shape index (κ2) is 30.1. The monoisotopic (exact) mass is 294 g/mol. The Morgan fingerprint density at radius 1 is 0.667 bits per heavy atom. The molecule has 12 heavy (non-hydrogen) atoms. The van der Waals surface area contributed by atoms with Crippen LogP contribution in [0.5, 0.6) is 0 Å². The molecule has 12 heteroatoms. The van der Waals surface area contributed by atoms with E-state index in [0.29, 0.717) is 0 Å². The summed E-state index contributed by atoms with van der Waals surface area (Å²) in [7, 11) is 0.250. The second-order valence-electron chi connectivity index (χ2n) is 0.657. The average Bonchev–Trinajstić information content (AvgIpc) is 2.12. The van der Waals surface area contributed by atoms with Crippen molar-refractivity contribution in [3.05, 3.63) is 0 Å². The van der Waals surface area contributed by atoms with Gasteiger partial charge in [-0.25, -0.2) is 0 Å². The zero-order chi connectivity index (χ0) is 10.2. The van der Waals surface area contributed by atoms with E-state index >= 15 is 0 Å². The third-order valence-electron chi connectivity index (χ3n) is 0.222. The quantitative estimate of drug-likeness (QED) is 0.522. The van der Waals surface area contributed by atoms with Gasteiger partial charge in [0.2, 0.25) is 0 Å². The van der Waals surface area contributed by atoms with Crippen molar-refractivity contribution in [1.82, 2.24) is 0 Å². The van der Waals surface area contributed by atoms with Crippen molar-refractivity contribution in [2.45, 2.75) is 0 Å². The van der Waals surface area contributed by atoms with Crippen molar-refractivity contribution < 1.29 is 28.0 Å². The number of hydrogen-bond donors (Lipinski definition) is 0. The molecule has 0 amide bonds. The van der Waals surface area contributed by atoms with Crippen LogP contribution < -0.4 is 0 Å². The topological polar surface area (TPSA) is 104 Å². The Balaban J connectivity index is -0.000000112. The molecule has 0 unspecified atom stereocenters. The van der Waals surface area contributed by atoms with Gasteiger partial charge in [-0.2, -0.15) is 0 Å². The zero-order valence-electron chi connectivity index (χ0n) is 5.87. The van der Waals surface area contributed by atoms with Crippen LogP contribution in [-0.2, 0) is 28.0 Å². The van der Waals surface area contributed by atoms with Gasteiger partial charge in [-0.15, -0.1) is 0 Å². The Labute approximate surface area is 103 Å². The van der Waals surface area contributed by atoms with Gasteiger partial charge in [0.1, 0.15) is 0 Å². The van der Waals surface area contributed by atoms with Crippen LogP contribution in [0.2, 0.25) is 0 Å². The van der Waals surface area contributed by atoms with E-state index in [4.69, 9.17) is 18.9 Å². The van der Waals surface area contributed by atoms with E-state index in [2.05, 4.69) is 9.14 Å². The van der Waals surface area contributed by atoms with E-state index < -0.39 is 0 Å². The standard InChI is InChI=1S/2B2O3.Ba.O/c2*3-1-5-2-4;;. The van der Waals surface area contributed by atoms with Crippen molar-refractivity contribution in [1.29, 1.82) is 0 Å². The molecule has 56 valence electrons. The van der Waals surface area contributed by atoms with E-state index in [-0.39, 0.29) is 76.1 Å². The molecule has 0 aromatic rings. The molecule has 0 aliphatic carbocycles. The van der Waals surface area contributed by atoms with Gasteiger partial charge < -0.3 is 0 Å². The summed E-state index contributed by atoms with van der Waals surface area (Å²) >= 11 is -0.222. The molecule has 0 saturated carbocycles.